The number of nitrogens with zero attached hydrogens (tertiary/aromatic N) is 1. The van der Waals surface area contributed by atoms with Gasteiger partial charge in [0.05, 0.1) is 26.2 Å². The van der Waals surface area contributed by atoms with Crippen LogP contribution < -0.4 is 14.8 Å². The van der Waals surface area contributed by atoms with Crippen LogP contribution in [0.25, 0.3) is 0 Å². The highest BCUT2D eigenvalue weighted by Crippen LogP contribution is 2.32. The normalized spacial score (nSPS) is 18.3. The Bertz CT molecular complexity index is 762. The monoisotopic (exact) mass is 354 g/mol. The first-order valence-corrected chi connectivity index (χ1v) is 8.93. The standard InChI is InChI=1S/C21H26N2O3/c1-15(16-7-6-8-17(13-16)25-2)21(24)23-12-11-22-14-19(23)18-9-4-5-10-20(18)26-3/h4-10,13,15,19,22H,11-12,14H2,1-3H3. The minimum Gasteiger partial charge on any atom is -0.497 e. The van der Waals surface area contributed by atoms with Crippen LogP contribution in [0.3, 0.4) is 0 Å². The van der Waals surface area contributed by atoms with Gasteiger partial charge < -0.3 is 19.7 Å². The molecule has 1 saturated heterocycles. The average Bonchev–Trinajstić information content (AvgIpc) is 2.72. The van der Waals surface area contributed by atoms with Crippen LogP contribution in [-0.4, -0.2) is 44.7 Å². The quantitative estimate of drug-likeness (QED) is 0.897. The lowest BCUT2D eigenvalue weighted by Gasteiger charge is -2.38. The highest BCUT2D eigenvalue weighted by atomic mass is 16.5. The van der Waals surface area contributed by atoms with E-state index in [1.807, 2.05) is 60.4 Å². The summed E-state index contributed by atoms with van der Waals surface area (Å²) in [5.74, 6) is 1.47. The first-order chi connectivity index (χ1) is 12.7. The fourth-order valence-corrected chi connectivity index (χ4v) is 3.49. The number of rotatable bonds is 5. The zero-order chi connectivity index (χ0) is 18.5. The van der Waals surface area contributed by atoms with Gasteiger partial charge in [-0.15, -0.1) is 0 Å². The maximum absolute atomic E-state index is 13.3. The first kappa shape index (κ1) is 18.3. The molecule has 5 nitrogen and oxygen atoms in total. The van der Waals surface area contributed by atoms with E-state index in [-0.39, 0.29) is 17.9 Å². The Kier molecular flexibility index (Phi) is 5.78. The second kappa shape index (κ2) is 8.23. The SMILES string of the molecule is COc1cccc(C(C)C(=O)N2CCNCC2c2ccccc2OC)c1. The Morgan fingerprint density at radius 3 is 2.73 bits per heavy atom. The van der Waals surface area contributed by atoms with Gasteiger partial charge in [-0.3, -0.25) is 4.79 Å². The molecule has 0 aliphatic carbocycles. The van der Waals surface area contributed by atoms with Crippen molar-refractivity contribution in [2.75, 3.05) is 33.9 Å². The van der Waals surface area contributed by atoms with Crippen LogP contribution in [-0.2, 0) is 4.79 Å². The number of nitrogens with one attached hydrogen (secondary N) is 1. The third-order valence-electron chi connectivity index (χ3n) is 4.99. The molecule has 1 aliphatic rings. The van der Waals surface area contributed by atoms with Gasteiger partial charge >= 0.3 is 0 Å². The number of benzene rings is 2. The van der Waals surface area contributed by atoms with Crippen molar-refractivity contribution in [3.05, 3.63) is 59.7 Å². The van der Waals surface area contributed by atoms with Crippen molar-refractivity contribution in [1.82, 2.24) is 10.2 Å². The van der Waals surface area contributed by atoms with Gasteiger partial charge in [-0.1, -0.05) is 30.3 Å². The Balaban J connectivity index is 1.88. The van der Waals surface area contributed by atoms with Crippen LogP contribution in [0.15, 0.2) is 48.5 Å². The molecule has 0 aromatic heterocycles. The molecule has 1 aliphatic heterocycles. The van der Waals surface area contributed by atoms with Gasteiger partial charge in [0.2, 0.25) is 5.91 Å². The summed E-state index contributed by atoms with van der Waals surface area (Å²) in [6.07, 6.45) is 0. The molecule has 1 fully saturated rings. The summed E-state index contributed by atoms with van der Waals surface area (Å²) < 4.78 is 10.8. The predicted molar refractivity (Wildman–Crippen MR) is 102 cm³/mol. The summed E-state index contributed by atoms with van der Waals surface area (Å²) >= 11 is 0. The summed E-state index contributed by atoms with van der Waals surface area (Å²) in [5, 5.41) is 3.40. The van der Waals surface area contributed by atoms with Gasteiger partial charge in [0, 0.05) is 25.2 Å². The molecule has 2 aromatic carbocycles. The smallest absolute Gasteiger partial charge is 0.230 e. The van der Waals surface area contributed by atoms with Crippen LogP contribution in [0.2, 0.25) is 0 Å². The second-order valence-corrected chi connectivity index (χ2v) is 6.49. The van der Waals surface area contributed by atoms with E-state index in [1.165, 1.54) is 0 Å². The molecular weight excluding hydrogens is 328 g/mol. The Morgan fingerprint density at radius 2 is 1.96 bits per heavy atom. The number of methoxy groups -OCH3 is 2. The highest BCUT2D eigenvalue weighted by Gasteiger charge is 2.32. The molecule has 2 atom stereocenters. The van der Waals surface area contributed by atoms with Gasteiger partial charge in [-0.2, -0.15) is 0 Å². The molecule has 1 N–H and O–H groups in total. The molecule has 1 heterocycles. The lowest BCUT2D eigenvalue weighted by Crippen LogP contribution is -2.49. The van der Waals surface area contributed by atoms with Crippen molar-refractivity contribution < 1.29 is 14.3 Å². The minimum atomic E-state index is -0.236. The highest BCUT2D eigenvalue weighted by molar-refractivity contribution is 5.84. The molecule has 26 heavy (non-hydrogen) atoms. The summed E-state index contributed by atoms with van der Waals surface area (Å²) in [4.78, 5) is 15.3. The molecule has 2 aromatic rings. The molecule has 0 bridgehead atoms. The van der Waals surface area contributed by atoms with Crippen LogP contribution >= 0.6 is 0 Å². The van der Waals surface area contributed by atoms with Crippen molar-refractivity contribution >= 4 is 5.91 Å². The topological polar surface area (TPSA) is 50.8 Å². The zero-order valence-corrected chi connectivity index (χ0v) is 15.6. The Morgan fingerprint density at radius 1 is 1.15 bits per heavy atom. The largest absolute Gasteiger partial charge is 0.497 e. The van der Waals surface area contributed by atoms with E-state index in [4.69, 9.17) is 9.47 Å². The van der Waals surface area contributed by atoms with E-state index in [9.17, 15) is 4.79 Å². The Hall–Kier alpha value is -2.53. The van der Waals surface area contributed by atoms with Crippen molar-refractivity contribution in [3.8, 4) is 11.5 Å². The van der Waals surface area contributed by atoms with Gasteiger partial charge in [0.25, 0.3) is 0 Å². The summed E-state index contributed by atoms with van der Waals surface area (Å²) in [7, 11) is 3.31. The Labute approximate surface area is 154 Å². The molecule has 0 saturated carbocycles. The van der Waals surface area contributed by atoms with Gasteiger partial charge in [0.1, 0.15) is 11.5 Å². The van der Waals surface area contributed by atoms with Crippen molar-refractivity contribution in [3.63, 3.8) is 0 Å². The second-order valence-electron chi connectivity index (χ2n) is 6.49. The molecule has 5 heteroatoms. The van der Waals surface area contributed by atoms with Crippen molar-refractivity contribution in [2.45, 2.75) is 18.9 Å². The van der Waals surface area contributed by atoms with Crippen LogP contribution in [0.5, 0.6) is 11.5 Å². The van der Waals surface area contributed by atoms with E-state index >= 15 is 0 Å². The summed E-state index contributed by atoms with van der Waals surface area (Å²) in [5.41, 5.74) is 2.00. The molecule has 0 radical (unpaired) electrons. The van der Waals surface area contributed by atoms with Gasteiger partial charge in [-0.25, -0.2) is 0 Å². The van der Waals surface area contributed by atoms with E-state index in [0.29, 0.717) is 6.54 Å². The molecule has 2 unspecified atom stereocenters. The molecule has 0 spiro atoms. The summed E-state index contributed by atoms with van der Waals surface area (Å²) in [6, 6.07) is 15.6. The van der Waals surface area contributed by atoms with Gasteiger partial charge in [-0.05, 0) is 30.7 Å². The van der Waals surface area contributed by atoms with E-state index in [2.05, 4.69) is 5.32 Å². The van der Waals surface area contributed by atoms with Crippen molar-refractivity contribution in [1.29, 1.82) is 0 Å². The number of hydrogen-bond acceptors (Lipinski definition) is 4. The third-order valence-corrected chi connectivity index (χ3v) is 4.99. The van der Waals surface area contributed by atoms with E-state index < -0.39 is 0 Å². The fraction of sp³-hybridized carbons (Fsp3) is 0.381. The summed E-state index contributed by atoms with van der Waals surface area (Å²) in [6.45, 7) is 4.15. The van der Waals surface area contributed by atoms with Crippen LogP contribution in [0.1, 0.15) is 30.0 Å². The van der Waals surface area contributed by atoms with E-state index in [0.717, 1.165) is 35.7 Å². The lowest BCUT2D eigenvalue weighted by molar-refractivity contribution is -0.135. The molecular formula is C21H26N2O3. The van der Waals surface area contributed by atoms with Crippen LogP contribution in [0, 0.1) is 0 Å². The number of carbonyl (C=O) groups excluding carboxylic acids is 1. The third kappa shape index (κ3) is 3.68. The molecule has 1 amide bonds. The zero-order valence-electron chi connectivity index (χ0n) is 15.6. The van der Waals surface area contributed by atoms with Crippen molar-refractivity contribution in [2.24, 2.45) is 0 Å². The number of amides is 1. The number of hydrogen-bond donors (Lipinski definition) is 1. The first-order valence-electron chi connectivity index (χ1n) is 8.93. The predicted octanol–water partition coefficient (Wildman–Crippen LogP) is 2.98. The number of ether oxygens (including phenoxy) is 2. The lowest BCUT2D eigenvalue weighted by atomic mass is 9.96. The number of para-hydroxylation sites is 1. The number of piperazine rings is 1. The number of carbonyl (C=O) groups is 1. The molecule has 3 rings (SSSR count). The maximum atomic E-state index is 13.3. The van der Waals surface area contributed by atoms with Crippen LogP contribution in [0.4, 0.5) is 0 Å². The average molecular weight is 354 g/mol. The van der Waals surface area contributed by atoms with E-state index in [1.54, 1.807) is 14.2 Å². The van der Waals surface area contributed by atoms with Gasteiger partial charge in [0.15, 0.2) is 0 Å². The maximum Gasteiger partial charge on any atom is 0.230 e. The fourth-order valence-electron chi connectivity index (χ4n) is 3.49. The minimum absolute atomic E-state index is 0.0412. The molecule has 138 valence electrons.